The van der Waals surface area contributed by atoms with Crippen molar-refractivity contribution >= 4 is 41.0 Å². The average molecular weight is 620 g/mol. The smallest absolute Gasteiger partial charge is 0.417 e. The van der Waals surface area contributed by atoms with E-state index >= 15 is 0 Å². The summed E-state index contributed by atoms with van der Waals surface area (Å²) in [5.41, 5.74) is 2.30. The molecule has 1 heterocycles. The van der Waals surface area contributed by atoms with E-state index in [1.807, 2.05) is 13.8 Å². The molecule has 0 bridgehead atoms. The summed E-state index contributed by atoms with van der Waals surface area (Å²) in [6.45, 7) is 11.5. The highest BCUT2D eigenvalue weighted by molar-refractivity contribution is 5.96. The number of aromatic nitrogens is 2. The van der Waals surface area contributed by atoms with E-state index in [-0.39, 0.29) is 35.3 Å². The third kappa shape index (κ3) is 9.90. The van der Waals surface area contributed by atoms with Crippen molar-refractivity contribution in [3.8, 4) is 5.75 Å². The number of carboxylic acid groups (broad SMARTS) is 1. The van der Waals surface area contributed by atoms with Gasteiger partial charge in [0.2, 0.25) is 11.9 Å². The predicted octanol–water partition coefficient (Wildman–Crippen LogP) is 5.31. The molecule has 1 unspecified atom stereocenters. The van der Waals surface area contributed by atoms with Crippen LogP contribution in [-0.2, 0) is 11.2 Å². The molecular formula is C33H45N7O5. The first-order chi connectivity index (χ1) is 21.6. The van der Waals surface area contributed by atoms with Crippen LogP contribution in [0.25, 0.3) is 0 Å². The van der Waals surface area contributed by atoms with Gasteiger partial charge in [0, 0.05) is 56.1 Å². The van der Waals surface area contributed by atoms with Crippen molar-refractivity contribution in [2.24, 2.45) is 0 Å². The Morgan fingerprint density at radius 2 is 1.71 bits per heavy atom. The number of ether oxygens (including phenoxy) is 1. The maximum atomic E-state index is 12.9. The molecule has 0 radical (unpaired) electrons. The second-order valence-electron chi connectivity index (χ2n) is 10.7. The molecule has 0 fully saturated rings. The molecule has 242 valence electrons. The minimum absolute atomic E-state index is 0.0416. The summed E-state index contributed by atoms with van der Waals surface area (Å²) in [5, 5.41) is 16.2. The van der Waals surface area contributed by atoms with Gasteiger partial charge in [0.15, 0.2) is 0 Å². The Labute approximate surface area is 265 Å². The molecule has 0 aliphatic carbocycles. The summed E-state index contributed by atoms with van der Waals surface area (Å²) >= 11 is 0. The largest absolute Gasteiger partial charge is 0.495 e. The van der Waals surface area contributed by atoms with Crippen LogP contribution in [0.4, 0.5) is 27.9 Å². The average Bonchev–Trinajstić information content (AvgIpc) is 3.04. The SMILES string of the molecule is CCC(C)NC(=O)CCc1ccc(N(C(=O)O)c2ccnc(Nc3ccc(C(=O)N(C)CCN(CC)CC)cc3)n2)c(OC)c1. The molecular weight excluding hydrogens is 574 g/mol. The van der Waals surface area contributed by atoms with Crippen LogP contribution in [0.15, 0.2) is 54.7 Å². The number of methoxy groups -OCH3 is 1. The second-order valence-corrected chi connectivity index (χ2v) is 10.7. The van der Waals surface area contributed by atoms with Gasteiger partial charge in [0.1, 0.15) is 11.6 Å². The molecule has 12 nitrogen and oxygen atoms in total. The van der Waals surface area contributed by atoms with Crippen molar-refractivity contribution in [3.63, 3.8) is 0 Å². The van der Waals surface area contributed by atoms with E-state index in [0.29, 0.717) is 36.4 Å². The zero-order chi connectivity index (χ0) is 32.9. The Morgan fingerprint density at radius 3 is 2.33 bits per heavy atom. The molecule has 0 saturated heterocycles. The lowest BCUT2D eigenvalue weighted by atomic mass is 10.1. The number of likely N-dealkylation sites (N-methyl/N-ethyl adjacent to an activating group) is 2. The van der Waals surface area contributed by atoms with Gasteiger partial charge in [-0.05, 0) is 74.8 Å². The standard InChI is InChI=1S/C33H45N7O5/c1-7-23(4)35-30(41)17-11-24-10-16-27(28(22-24)45-6)40(33(43)44)29-18-19-34-32(37-29)36-26-14-12-25(13-15-26)31(42)38(5)20-21-39(8-2)9-3/h10,12-16,18-19,22-23H,7-9,11,17,20-21H2,1-6H3,(H,35,41)(H,43,44)(H,34,36,37). The van der Waals surface area contributed by atoms with Gasteiger partial charge in [-0.25, -0.2) is 14.7 Å². The van der Waals surface area contributed by atoms with Crippen molar-refractivity contribution in [1.82, 2.24) is 25.1 Å². The van der Waals surface area contributed by atoms with E-state index in [2.05, 4.69) is 39.3 Å². The van der Waals surface area contributed by atoms with Gasteiger partial charge in [-0.1, -0.05) is 26.8 Å². The number of carbonyl (C=O) groups is 3. The molecule has 0 aliphatic heterocycles. The van der Waals surface area contributed by atoms with Crippen LogP contribution in [0.5, 0.6) is 5.75 Å². The van der Waals surface area contributed by atoms with Gasteiger partial charge < -0.3 is 30.3 Å². The van der Waals surface area contributed by atoms with Gasteiger partial charge in [0.05, 0.1) is 12.8 Å². The van der Waals surface area contributed by atoms with Crippen molar-refractivity contribution < 1.29 is 24.2 Å². The Kier molecular flexibility index (Phi) is 13.1. The Hall–Kier alpha value is -4.71. The Morgan fingerprint density at radius 1 is 1.00 bits per heavy atom. The lowest BCUT2D eigenvalue weighted by Crippen LogP contribution is -2.36. The molecule has 1 aromatic heterocycles. The number of hydrogen-bond donors (Lipinski definition) is 3. The van der Waals surface area contributed by atoms with Gasteiger partial charge in [-0.15, -0.1) is 0 Å². The number of rotatable bonds is 16. The number of amides is 3. The summed E-state index contributed by atoms with van der Waals surface area (Å²) < 4.78 is 5.54. The second kappa shape index (κ2) is 17.0. The summed E-state index contributed by atoms with van der Waals surface area (Å²) in [5.74, 6) is 0.503. The zero-order valence-corrected chi connectivity index (χ0v) is 27.0. The minimum atomic E-state index is -1.26. The van der Waals surface area contributed by atoms with Gasteiger partial charge in [-0.3, -0.25) is 9.59 Å². The number of nitrogens with one attached hydrogen (secondary N) is 2. The van der Waals surface area contributed by atoms with Crippen molar-refractivity contribution in [3.05, 3.63) is 65.9 Å². The third-order valence-corrected chi connectivity index (χ3v) is 7.59. The minimum Gasteiger partial charge on any atom is -0.495 e. The molecule has 0 aliphatic rings. The molecule has 0 spiro atoms. The predicted molar refractivity (Wildman–Crippen MR) is 176 cm³/mol. The van der Waals surface area contributed by atoms with Crippen LogP contribution in [0.2, 0.25) is 0 Å². The van der Waals surface area contributed by atoms with E-state index in [9.17, 15) is 19.5 Å². The quantitative estimate of drug-likeness (QED) is 0.195. The third-order valence-electron chi connectivity index (χ3n) is 7.59. The van der Waals surface area contributed by atoms with Crippen LogP contribution in [0, 0.1) is 0 Å². The highest BCUT2D eigenvalue weighted by atomic mass is 16.5. The van der Waals surface area contributed by atoms with E-state index in [1.165, 1.54) is 19.4 Å². The number of hydrogen-bond acceptors (Lipinski definition) is 8. The lowest BCUT2D eigenvalue weighted by molar-refractivity contribution is -0.121. The molecule has 1 atom stereocenters. The van der Waals surface area contributed by atoms with Crippen LogP contribution in [-0.4, -0.2) is 89.2 Å². The first-order valence-electron chi connectivity index (χ1n) is 15.3. The fraction of sp³-hybridized carbons (Fsp3) is 0.424. The number of benzene rings is 2. The van der Waals surface area contributed by atoms with Crippen molar-refractivity contribution in [2.75, 3.05) is 50.6 Å². The monoisotopic (exact) mass is 619 g/mol. The number of carbonyl (C=O) groups excluding carboxylic acids is 2. The molecule has 0 saturated carbocycles. The maximum Gasteiger partial charge on any atom is 0.417 e. The fourth-order valence-electron chi connectivity index (χ4n) is 4.61. The van der Waals surface area contributed by atoms with Crippen molar-refractivity contribution in [1.29, 1.82) is 0 Å². The normalized spacial score (nSPS) is 11.5. The topological polar surface area (TPSA) is 140 Å². The van der Waals surface area contributed by atoms with Gasteiger partial charge in [0.25, 0.3) is 5.91 Å². The molecule has 3 aromatic rings. The molecule has 2 aromatic carbocycles. The Balaban J connectivity index is 1.73. The summed E-state index contributed by atoms with van der Waals surface area (Å²) in [6, 6.07) is 13.7. The van der Waals surface area contributed by atoms with E-state index < -0.39 is 6.09 Å². The Bertz CT molecular complexity index is 1430. The van der Waals surface area contributed by atoms with E-state index in [1.54, 1.807) is 54.4 Å². The van der Waals surface area contributed by atoms with Gasteiger partial charge in [-0.2, -0.15) is 4.98 Å². The number of aryl methyl sites for hydroxylation is 1. The lowest BCUT2D eigenvalue weighted by Gasteiger charge is -2.23. The number of anilines is 4. The molecule has 3 rings (SSSR count). The van der Waals surface area contributed by atoms with Crippen molar-refractivity contribution in [2.45, 2.75) is 53.0 Å². The summed E-state index contributed by atoms with van der Waals surface area (Å²) in [6.07, 6.45) is 1.83. The zero-order valence-electron chi connectivity index (χ0n) is 27.0. The van der Waals surface area contributed by atoms with Crippen LogP contribution in [0.3, 0.4) is 0 Å². The highest BCUT2D eigenvalue weighted by Crippen LogP contribution is 2.34. The number of nitrogens with zero attached hydrogens (tertiary/aromatic N) is 5. The first-order valence-corrected chi connectivity index (χ1v) is 15.3. The maximum absolute atomic E-state index is 12.9. The summed E-state index contributed by atoms with van der Waals surface area (Å²) in [4.78, 5) is 51.2. The molecule has 12 heteroatoms. The van der Waals surface area contributed by atoms with E-state index in [4.69, 9.17) is 4.74 Å². The molecule has 3 amide bonds. The molecule has 45 heavy (non-hydrogen) atoms. The van der Waals surface area contributed by atoms with Crippen LogP contribution < -0.4 is 20.3 Å². The van der Waals surface area contributed by atoms with Crippen LogP contribution >= 0.6 is 0 Å². The summed E-state index contributed by atoms with van der Waals surface area (Å²) in [7, 11) is 3.25. The fourth-order valence-corrected chi connectivity index (χ4v) is 4.61. The highest BCUT2D eigenvalue weighted by Gasteiger charge is 2.23. The first kappa shape index (κ1) is 34.8. The van der Waals surface area contributed by atoms with Crippen LogP contribution in [0.1, 0.15) is 56.5 Å². The van der Waals surface area contributed by atoms with E-state index in [0.717, 1.165) is 36.5 Å². The van der Waals surface area contributed by atoms with Gasteiger partial charge >= 0.3 is 6.09 Å². The molecule has 3 N–H and O–H groups in total.